The van der Waals surface area contributed by atoms with Crippen LogP contribution in [0.4, 0.5) is 4.39 Å². The van der Waals surface area contributed by atoms with E-state index in [1.54, 1.807) is 12.1 Å². The zero-order valence-electron chi connectivity index (χ0n) is 8.78. The van der Waals surface area contributed by atoms with Crippen LogP contribution in [-0.2, 0) is 10.5 Å². The molecule has 1 amide bonds. The van der Waals surface area contributed by atoms with Crippen molar-refractivity contribution in [3.8, 4) is 0 Å². The van der Waals surface area contributed by atoms with E-state index in [9.17, 15) is 9.18 Å². The van der Waals surface area contributed by atoms with E-state index in [-0.39, 0.29) is 24.9 Å². The zero-order valence-corrected chi connectivity index (χ0v) is 9.60. The van der Waals surface area contributed by atoms with Gasteiger partial charge in [0.1, 0.15) is 5.82 Å². The van der Waals surface area contributed by atoms with Gasteiger partial charge in [0.15, 0.2) is 0 Å². The highest BCUT2D eigenvalue weighted by molar-refractivity contribution is 7.99. The number of aliphatic hydroxyl groups excluding tert-OH is 1. The average Bonchev–Trinajstić information content (AvgIpc) is 2.29. The summed E-state index contributed by atoms with van der Waals surface area (Å²) < 4.78 is 12.6. The number of halogens is 1. The number of benzene rings is 1. The lowest BCUT2D eigenvalue weighted by Crippen LogP contribution is -2.27. The maximum absolute atomic E-state index is 12.6. The largest absolute Gasteiger partial charge is 0.395 e. The third-order valence-electron chi connectivity index (χ3n) is 1.85. The van der Waals surface area contributed by atoms with Crippen LogP contribution in [0, 0.1) is 5.82 Å². The third-order valence-corrected chi connectivity index (χ3v) is 2.85. The summed E-state index contributed by atoms with van der Waals surface area (Å²) in [6.07, 6.45) is 0. The lowest BCUT2D eigenvalue weighted by atomic mass is 10.2. The van der Waals surface area contributed by atoms with Crippen LogP contribution < -0.4 is 5.32 Å². The first kappa shape index (κ1) is 13.0. The number of rotatable bonds is 6. The normalized spacial score (nSPS) is 10.1. The van der Waals surface area contributed by atoms with E-state index in [2.05, 4.69) is 5.32 Å². The maximum atomic E-state index is 12.6. The van der Waals surface area contributed by atoms with Crippen molar-refractivity contribution in [3.63, 3.8) is 0 Å². The standard InChI is InChI=1S/C11H14FNO2S/c12-10-3-1-9(2-4-10)7-16-8-11(15)13-5-6-14/h1-4,14H,5-8H2,(H,13,15). The molecule has 0 atom stereocenters. The van der Waals surface area contributed by atoms with Gasteiger partial charge in [-0.15, -0.1) is 11.8 Å². The van der Waals surface area contributed by atoms with E-state index < -0.39 is 0 Å². The Bertz CT molecular complexity index is 329. The summed E-state index contributed by atoms with van der Waals surface area (Å²) in [5, 5.41) is 11.0. The van der Waals surface area contributed by atoms with Gasteiger partial charge in [0.05, 0.1) is 12.4 Å². The van der Waals surface area contributed by atoms with Crippen LogP contribution in [0.5, 0.6) is 0 Å². The first-order chi connectivity index (χ1) is 7.72. The summed E-state index contributed by atoms with van der Waals surface area (Å²) in [6, 6.07) is 6.21. The molecule has 0 aromatic heterocycles. The quantitative estimate of drug-likeness (QED) is 0.788. The lowest BCUT2D eigenvalue weighted by Gasteiger charge is -2.03. The number of nitrogens with one attached hydrogen (secondary N) is 1. The molecule has 1 aromatic carbocycles. The fourth-order valence-corrected chi connectivity index (χ4v) is 1.91. The van der Waals surface area contributed by atoms with Crippen molar-refractivity contribution in [1.29, 1.82) is 0 Å². The highest BCUT2D eigenvalue weighted by Crippen LogP contribution is 2.12. The minimum Gasteiger partial charge on any atom is -0.395 e. The minimum atomic E-state index is -0.255. The highest BCUT2D eigenvalue weighted by Gasteiger charge is 2.01. The summed E-state index contributed by atoms with van der Waals surface area (Å²) >= 11 is 1.45. The van der Waals surface area contributed by atoms with E-state index in [1.807, 2.05) is 0 Å². The minimum absolute atomic E-state index is 0.0473. The number of amides is 1. The Hall–Kier alpha value is -1.07. The molecule has 0 spiro atoms. The van der Waals surface area contributed by atoms with Gasteiger partial charge in [-0.25, -0.2) is 4.39 Å². The molecule has 0 aliphatic carbocycles. The van der Waals surface area contributed by atoms with Gasteiger partial charge in [-0.05, 0) is 17.7 Å². The van der Waals surface area contributed by atoms with Crippen molar-refractivity contribution < 1.29 is 14.3 Å². The average molecular weight is 243 g/mol. The van der Waals surface area contributed by atoms with Crippen molar-refractivity contribution in [2.45, 2.75) is 5.75 Å². The highest BCUT2D eigenvalue weighted by atomic mass is 32.2. The van der Waals surface area contributed by atoms with Crippen molar-refractivity contribution in [2.75, 3.05) is 18.9 Å². The molecule has 0 aliphatic rings. The van der Waals surface area contributed by atoms with Crippen molar-refractivity contribution in [3.05, 3.63) is 35.6 Å². The van der Waals surface area contributed by atoms with Crippen LogP contribution in [-0.4, -0.2) is 29.9 Å². The molecule has 0 radical (unpaired) electrons. The fourth-order valence-electron chi connectivity index (χ4n) is 1.09. The molecule has 2 N–H and O–H groups in total. The number of carbonyl (C=O) groups is 1. The van der Waals surface area contributed by atoms with Crippen LogP contribution in [0.15, 0.2) is 24.3 Å². The Morgan fingerprint density at radius 2 is 2.06 bits per heavy atom. The zero-order chi connectivity index (χ0) is 11.8. The molecule has 0 fully saturated rings. The molecule has 0 saturated carbocycles. The van der Waals surface area contributed by atoms with Crippen LogP contribution in [0.3, 0.4) is 0 Å². The Labute approximate surface area is 98.1 Å². The SMILES string of the molecule is O=C(CSCc1ccc(F)cc1)NCCO. The first-order valence-corrected chi connectivity index (χ1v) is 6.07. The van der Waals surface area contributed by atoms with Gasteiger partial charge in [-0.2, -0.15) is 0 Å². The van der Waals surface area contributed by atoms with Gasteiger partial charge in [0.2, 0.25) is 5.91 Å². The summed E-state index contributed by atoms with van der Waals surface area (Å²) in [7, 11) is 0. The Morgan fingerprint density at radius 3 is 2.69 bits per heavy atom. The number of aliphatic hydroxyl groups is 1. The molecular formula is C11H14FNO2S. The molecule has 1 aromatic rings. The Morgan fingerprint density at radius 1 is 1.38 bits per heavy atom. The second-order valence-electron chi connectivity index (χ2n) is 3.19. The monoisotopic (exact) mass is 243 g/mol. The molecule has 16 heavy (non-hydrogen) atoms. The van der Waals surface area contributed by atoms with E-state index in [0.29, 0.717) is 11.5 Å². The smallest absolute Gasteiger partial charge is 0.230 e. The summed E-state index contributed by atoms with van der Waals surface area (Å²) in [4.78, 5) is 11.1. The number of carbonyl (C=O) groups excluding carboxylic acids is 1. The van der Waals surface area contributed by atoms with Gasteiger partial charge in [-0.3, -0.25) is 4.79 Å². The second-order valence-corrected chi connectivity index (χ2v) is 4.18. The first-order valence-electron chi connectivity index (χ1n) is 4.92. The van der Waals surface area contributed by atoms with Crippen LogP contribution in [0.1, 0.15) is 5.56 Å². The topological polar surface area (TPSA) is 49.3 Å². The molecule has 0 unspecified atom stereocenters. The van der Waals surface area contributed by atoms with Gasteiger partial charge < -0.3 is 10.4 Å². The van der Waals surface area contributed by atoms with Crippen molar-refractivity contribution >= 4 is 17.7 Å². The Balaban J connectivity index is 2.20. The molecule has 88 valence electrons. The van der Waals surface area contributed by atoms with Crippen molar-refractivity contribution in [1.82, 2.24) is 5.32 Å². The van der Waals surface area contributed by atoms with Crippen LogP contribution >= 0.6 is 11.8 Å². The third kappa shape index (κ3) is 5.14. The summed E-state index contributed by atoms with van der Waals surface area (Å²) in [5.74, 6) is 0.667. The second kappa shape index (κ2) is 7.24. The lowest BCUT2D eigenvalue weighted by molar-refractivity contribution is -0.118. The predicted molar refractivity (Wildman–Crippen MR) is 62.7 cm³/mol. The number of hydrogen-bond donors (Lipinski definition) is 2. The Kier molecular flexibility index (Phi) is 5.88. The van der Waals surface area contributed by atoms with E-state index in [4.69, 9.17) is 5.11 Å². The van der Waals surface area contributed by atoms with Gasteiger partial charge in [-0.1, -0.05) is 12.1 Å². The fraction of sp³-hybridized carbons (Fsp3) is 0.364. The molecular weight excluding hydrogens is 229 g/mol. The van der Waals surface area contributed by atoms with Crippen LogP contribution in [0.25, 0.3) is 0 Å². The molecule has 0 heterocycles. The molecule has 5 heteroatoms. The molecule has 3 nitrogen and oxygen atoms in total. The summed E-state index contributed by atoms with van der Waals surface area (Å²) in [6.45, 7) is 0.240. The van der Waals surface area contributed by atoms with Gasteiger partial charge in [0.25, 0.3) is 0 Å². The number of hydrogen-bond acceptors (Lipinski definition) is 3. The van der Waals surface area contributed by atoms with Crippen molar-refractivity contribution in [2.24, 2.45) is 0 Å². The van der Waals surface area contributed by atoms with E-state index in [1.165, 1.54) is 23.9 Å². The van der Waals surface area contributed by atoms with E-state index in [0.717, 1.165) is 5.56 Å². The molecule has 0 saturated heterocycles. The maximum Gasteiger partial charge on any atom is 0.230 e. The predicted octanol–water partition coefficient (Wildman–Crippen LogP) is 1.17. The van der Waals surface area contributed by atoms with Crippen LogP contribution in [0.2, 0.25) is 0 Å². The van der Waals surface area contributed by atoms with Gasteiger partial charge >= 0.3 is 0 Å². The van der Waals surface area contributed by atoms with Gasteiger partial charge in [0, 0.05) is 12.3 Å². The number of thioether (sulfide) groups is 1. The molecule has 1 rings (SSSR count). The molecule has 0 bridgehead atoms. The summed E-state index contributed by atoms with van der Waals surface area (Å²) in [5.41, 5.74) is 0.987. The molecule has 0 aliphatic heterocycles. The van der Waals surface area contributed by atoms with E-state index >= 15 is 0 Å².